The maximum atomic E-state index is 14.8. The average molecular weight is 558 g/mol. The number of carbonyl (C=O) groups excluding carboxylic acids is 1. The number of Topliss-reactive ketones (excluding diaryl/α,β-unsaturated/α-hetero) is 1. The minimum atomic E-state index is -5.27. The van der Waals surface area contributed by atoms with Gasteiger partial charge in [0.15, 0.2) is 16.9 Å². The van der Waals surface area contributed by atoms with Gasteiger partial charge in [0, 0.05) is 16.9 Å². The zero-order valence-corrected chi connectivity index (χ0v) is 19.7. The highest BCUT2D eigenvalue weighted by Gasteiger charge is 2.61. The summed E-state index contributed by atoms with van der Waals surface area (Å²) >= 11 is 17.5. The largest absolute Gasteiger partial charge is 0.465 e. The van der Waals surface area contributed by atoms with E-state index in [9.17, 15) is 37.3 Å². The molecule has 0 aliphatic carbocycles. The first kappa shape index (κ1) is 27.0. The van der Waals surface area contributed by atoms with Crippen molar-refractivity contribution in [2.24, 2.45) is 0 Å². The highest BCUT2D eigenvalue weighted by atomic mass is 35.5. The molecule has 2 aromatic carbocycles. The molecular weight excluding hydrogens is 543 g/mol. The topological polar surface area (TPSA) is 101 Å². The van der Waals surface area contributed by atoms with Gasteiger partial charge >= 0.3 is 12.3 Å². The molecule has 1 fully saturated rings. The van der Waals surface area contributed by atoms with Crippen molar-refractivity contribution in [3.63, 3.8) is 0 Å². The fourth-order valence-corrected chi connectivity index (χ4v) is 4.46. The van der Waals surface area contributed by atoms with Crippen LogP contribution in [-0.2, 0) is 11.1 Å². The molecule has 2 aromatic rings. The van der Waals surface area contributed by atoms with Crippen LogP contribution in [0.4, 0.5) is 22.4 Å². The molecule has 188 valence electrons. The maximum Gasteiger partial charge on any atom is 0.407 e. The first-order chi connectivity index (χ1) is 16.1. The third-order valence-electron chi connectivity index (χ3n) is 5.82. The first-order valence-corrected chi connectivity index (χ1v) is 10.9. The van der Waals surface area contributed by atoms with E-state index < -0.39 is 65.7 Å². The smallest absolute Gasteiger partial charge is 0.407 e. The number of rotatable bonds is 7. The third-order valence-corrected chi connectivity index (χ3v) is 7.01. The Morgan fingerprint density at radius 3 is 2.03 bits per heavy atom. The van der Waals surface area contributed by atoms with Crippen molar-refractivity contribution in [2.45, 2.75) is 23.7 Å². The number of benzene rings is 2. The SMILES string of the molecule is O=C(CC(C[N+](=O)[O-])(c1cc(Cl)c(Cl)c(Cl)c1)C(F)(F)F)c1ccc(C2(F)CN(C(=O)O)C2)cc1. The lowest BCUT2D eigenvalue weighted by atomic mass is 9.74. The molecule has 1 unspecified atom stereocenters. The van der Waals surface area contributed by atoms with Crippen molar-refractivity contribution in [3.8, 4) is 0 Å². The van der Waals surface area contributed by atoms with Crippen molar-refractivity contribution < 1.29 is 37.2 Å². The van der Waals surface area contributed by atoms with Gasteiger partial charge < -0.3 is 10.0 Å². The monoisotopic (exact) mass is 556 g/mol. The van der Waals surface area contributed by atoms with Crippen LogP contribution in [0.15, 0.2) is 36.4 Å². The van der Waals surface area contributed by atoms with E-state index in [1.54, 1.807) is 0 Å². The number of hydrogen-bond acceptors (Lipinski definition) is 4. The zero-order chi connectivity index (χ0) is 26.3. The molecule has 0 spiro atoms. The number of nitrogens with zero attached hydrogens (tertiary/aromatic N) is 2. The first-order valence-electron chi connectivity index (χ1n) is 9.74. The second-order valence-electron chi connectivity index (χ2n) is 8.11. The predicted molar refractivity (Wildman–Crippen MR) is 119 cm³/mol. The van der Waals surface area contributed by atoms with Crippen molar-refractivity contribution in [2.75, 3.05) is 19.6 Å². The van der Waals surface area contributed by atoms with Gasteiger partial charge in [0.25, 0.3) is 0 Å². The second kappa shape index (κ2) is 9.44. The summed E-state index contributed by atoms with van der Waals surface area (Å²) in [4.78, 5) is 34.7. The van der Waals surface area contributed by atoms with E-state index >= 15 is 0 Å². The predicted octanol–water partition coefficient (Wildman–Crippen LogP) is 6.16. The lowest BCUT2D eigenvalue weighted by Crippen LogP contribution is -2.58. The summed E-state index contributed by atoms with van der Waals surface area (Å²) in [5.74, 6) is -1.11. The fraction of sp³-hybridized carbons (Fsp3) is 0.333. The lowest BCUT2D eigenvalue weighted by molar-refractivity contribution is -0.501. The molecule has 3 rings (SSSR count). The van der Waals surface area contributed by atoms with Gasteiger partial charge in [0.05, 0.1) is 28.2 Å². The number of alkyl halides is 4. The molecule has 14 heteroatoms. The van der Waals surface area contributed by atoms with Crippen molar-refractivity contribution >= 4 is 46.7 Å². The molecule has 1 aliphatic rings. The molecule has 0 aromatic heterocycles. The Labute approximate surface area is 210 Å². The zero-order valence-electron chi connectivity index (χ0n) is 17.4. The van der Waals surface area contributed by atoms with Crippen LogP contribution in [0, 0.1) is 10.1 Å². The van der Waals surface area contributed by atoms with Crippen LogP contribution in [-0.4, -0.2) is 52.6 Å². The van der Waals surface area contributed by atoms with E-state index in [1.165, 1.54) is 0 Å². The summed E-state index contributed by atoms with van der Waals surface area (Å²) in [6.07, 6.45) is -7.94. The van der Waals surface area contributed by atoms with Gasteiger partial charge in [-0.1, -0.05) is 59.1 Å². The fourth-order valence-electron chi connectivity index (χ4n) is 3.86. The molecule has 1 aliphatic heterocycles. The van der Waals surface area contributed by atoms with Gasteiger partial charge in [0.1, 0.15) is 0 Å². The number of hydrogen-bond donors (Lipinski definition) is 1. The van der Waals surface area contributed by atoms with E-state index in [0.717, 1.165) is 41.3 Å². The Morgan fingerprint density at radius 2 is 1.60 bits per heavy atom. The van der Waals surface area contributed by atoms with Crippen molar-refractivity contribution in [1.29, 1.82) is 0 Å². The Bertz CT molecular complexity index is 1160. The molecular formula is C21H15Cl3F4N2O5. The minimum absolute atomic E-state index is 0.0372. The van der Waals surface area contributed by atoms with E-state index in [-0.39, 0.29) is 26.2 Å². The summed E-state index contributed by atoms with van der Waals surface area (Å²) in [5.41, 5.74) is -6.22. The van der Waals surface area contributed by atoms with Crippen LogP contribution in [0.1, 0.15) is 27.9 Å². The van der Waals surface area contributed by atoms with Crippen LogP contribution in [0.5, 0.6) is 0 Å². The van der Waals surface area contributed by atoms with Crippen LogP contribution < -0.4 is 0 Å². The number of nitro groups is 1. The Kier molecular flexibility index (Phi) is 7.27. The number of ketones is 1. The Morgan fingerprint density at radius 1 is 1.09 bits per heavy atom. The van der Waals surface area contributed by atoms with Crippen LogP contribution in [0.3, 0.4) is 0 Å². The van der Waals surface area contributed by atoms with Gasteiger partial charge in [0.2, 0.25) is 6.54 Å². The number of carbonyl (C=O) groups is 2. The molecule has 1 saturated heterocycles. The van der Waals surface area contributed by atoms with Crippen molar-refractivity contribution in [1.82, 2.24) is 4.90 Å². The van der Waals surface area contributed by atoms with E-state index in [2.05, 4.69) is 0 Å². The summed E-state index contributed by atoms with van der Waals surface area (Å²) in [5, 5.41) is 19.1. The standard InChI is InChI=1S/C21H15Cl3F4N2O5/c22-14-5-13(6-15(23)17(14)24)19(8-30(34)35,21(26,27)28)7-16(31)11-1-3-12(4-2-11)20(25)9-29(10-20)18(32)33/h1-6H,7-10H2,(H,32,33). The molecule has 7 nitrogen and oxygen atoms in total. The normalized spacial score (nSPS) is 16.8. The van der Waals surface area contributed by atoms with Crippen LogP contribution in [0.2, 0.25) is 15.1 Å². The third kappa shape index (κ3) is 5.17. The lowest BCUT2D eigenvalue weighted by Gasteiger charge is -2.42. The van der Waals surface area contributed by atoms with Gasteiger partial charge in [-0.2, -0.15) is 13.2 Å². The molecule has 1 N–H and O–H groups in total. The summed E-state index contributed by atoms with van der Waals surface area (Å²) < 4.78 is 57.9. The number of halogens is 7. The molecule has 35 heavy (non-hydrogen) atoms. The maximum absolute atomic E-state index is 14.8. The highest BCUT2D eigenvalue weighted by Crippen LogP contribution is 2.47. The Hall–Kier alpha value is -2.63. The summed E-state index contributed by atoms with van der Waals surface area (Å²) in [7, 11) is 0. The molecule has 1 heterocycles. The van der Waals surface area contributed by atoms with Crippen LogP contribution in [0.25, 0.3) is 0 Å². The average Bonchev–Trinajstić information content (AvgIpc) is 2.73. The molecule has 0 bridgehead atoms. The molecule has 1 amide bonds. The van der Waals surface area contributed by atoms with Crippen LogP contribution >= 0.6 is 34.8 Å². The minimum Gasteiger partial charge on any atom is -0.465 e. The quantitative estimate of drug-likeness (QED) is 0.145. The van der Waals surface area contributed by atoms with Gasteiger partial charge in [-0.15, -0.1) is 0 Å². The summed E-state index contributed by atoms with van der Waals surface area (Å²) in [6.45, 7) is -2.56. The van der Waals surface area contributed by atoms with E-state index in [4.69, 9.17) is 39.9 Å². The second-order valence-corrected chi connectivity index (χ2v) is 9.30. The number of likely N-dealkylation sites (tertiary alicyclic amines) is 1. The Balaban J connectivity index is 1.97. The van der Waals surface area contributed by atoms with E-state index in [1.807, 2.05) is 0 Å². The van der Waals surface area contributed by atoms with E-state index in [0.29, 0.717) is 0 Å². The van der Waals surface area contributed by atoms with Gasteiger partial charge in [-0.25, -0.2) is 9.18 Å². The highest BCUT2D eigenvalue weighted by molar-refractivity contribution is 6.48. The molecule has 0 radical (unpaired) electrons. The van der Waals surface area contributed by atoms with Gasteiger partial charge in [-0.3, -0.25) is 14.9 Å². The van der Waals surface area contributed by atoms with Gasteiger partial charge in [-0.05, 0) is 23.3 Å². The molecule has 1 atom stereocenters. The number of carboxylic acid groups (broad SMARTS) is 1. The summed E-state index contributed by atoms with van der Waals surface area (Å²) in [6, 6.07) is 6.03. The number of amides is 1. The molecule has 0 saturated carbocycles. The van der Waals surface area contributed by atoms with Crippen molar-refractivity contribution in [3.05, 3.63) is 78.3 Å².